The number of para-hydroxylation sites is 1. The minimum absolute atomic E-state index is 0.186. The first-order chi connectivity index (χ1) is 14.8. The highest BCUT2D eigenvalue weighted by molar-refractivity contribution is 5.83. The molecule has 2 heterocycles. The van der Waals surface area contributed by atoms with Crippen LogP contribution < -0.4 is 10.3 Å². The molecule has 2 aromatic carbocycles. The van der Waals surface area contributed by atoms with Crippen LogP contribution in [0.3, 0.4) is 0 Å². The van der Waals surface area contributed by atoms with Gasteiger partial charge in [-0.1, -0.05) is 12.1 Å². The lowest BCUT2D eigenvalue weighted by molar-refractivity contribution is -0.0343. The van der Waals surface area contributed by atoms with E-state index in [0.717, 1.165) is 12.1 Å². The van der Waals surface area contributed by atoms with E-state index in [1.165, 1.54) is 35.3 Å². The lowest BCUT2D eigenvalue weighted by Gasteiger charge is -2.35. The van der Waals surface area contributed by atoms with Crippen molar-refractivity contribution in [3.63, 3.8) is 0 Å². The SMILES string of the molecule is COc1cccc2c(=O)n([C@H](C)[C@](O)(Cn3cncn3)c3ccc(F)cc3F)cnc12. The second-order valence-electron chi connectivity index (χ2n) is 7.13. The number of aliphatic hydroxyl groups is 1. The third-order valence-electron chi connectivity index (χ3n) is 5.37. The van der Waals surface area contributed by atoms with Crippen LogP contribution in [0.15, 0.2) is 60.2 Å². The van der Waals surface area contributed by atoms with E-state index in [-0.39, 0.29) is 17.5 Å². The molecule has 0 aliphatic heterocycles. The van der Waals surface area contributed by atoms with Crippen LogP contribution in [0.4, 0.5) is 8.78 Å². The van der Waals surface area contributed by atoms with Gasteiger partial charge in [0.25, 0.3) is 5.56 Å². The highest BCUT2D eigenvalue weighted by atomic mass is 19.1. The van der Waals surface area contributed by atoms with E-state index in [1.807, 2.05) is 0 Å². The summed E-state index contributed by atoms with van der Waals surface area (Å²) in [5.74, 6) is -1.30. The van der Waals surface area contributed by atoms with Crippen LogP contribution in [0.2, 0.25) is 0 Å². The number of hydrogen-bond donors (Lipinski definition) is 1. The van der Waals surface area contributed by atoms with Crippen molar-refractivity contribution in [2.24, 2.45) is 0 Å². The van der Waals surface area contributed by atoms with Crippen LogP contribution in [-0.2, 0) is 12.1 Å². The van der Waals surface area contributed by atoms with Crippen molar-refractivity contribution < 1.29 is 18.6 Å². The molecule has 0 amide bonds. The molecule has 0 aliphatic carbocycles. The molecule has 0 fully saturated rings. The second kappa shape index (κ2) is 7.88. The largest absolute Gasteiger partial charge is 0.494 e. The Balaban J connectivity index is 1.89. The Hall–Kier alpha value is -3.66. The van der Waals surface area contributed by atoms with Crippen molar-refractivity contribution in [3.8, 4) is 5.75 Å². The van der Waals surface area contributed by atoms with E-state index in [0.29, 0.717) is 17.3 Å². The smallest absolute Gasteiger partial charge is 0.261 e. The summed E-state index contributed by atoms with van der Waals surface area (Å²) in [6.45, 7) is 1.31. The van der Waals surface area contributed by atoms with Gasteiger partial charge >= 0.3 is 0 Å². The van der Waals surface area contributed by atoms with Crippen molar-refractivity contribution >= 4 is 10.9 Å². The minimum Gasteiger partial charge on any atom is -0.494 e. The summed E-state index contributed by atoms with van der Waals surface area (Å²) in [6, 6.07) is 6.79. The summed E-state index contributed by atoms with van der Waals surface area (Å²) >= 11 is 0. The van der Waals surface area contributed by atoms with Crippen LogP contribution in [0.25, 0.3) is 10.9 Å². The highest BCUT2D eigenvalue weighted by Gasteiger charge is 2.41. The zero-order valence-electron chi connectivity index (χ0n) is 16.7. The Bertz CT molecular complexity index is 1290. The molecule has 0 saturated heterocycles. The van der Waals surface area contributed by atoms with Crippen LogP contribution in [0.1, 0.15) is 18.5 Å². The topological polar surface area (TPSA) is 95.1 Å². The van der Waals surface area contributed by atoms with Gasteiger partial charge in [-0.15, -0.1) is 0 Å². The Labute approximate surface area is 175 Å². The van der Waals surface area contributed by atoms with Gasteiger partial charge in [0.15, 0.2) is 0 Å². The lowest BCUT2D eigenvalue weighted by Crippen LogP contribution is -2.43. The third-order valence-corrected chi connectivity index (χ3v) is 5.37. The molecule has 160 valence electrons. The summed E-state index contributed by atoms with van der Waals surface area (Å²) in [7, 11) is 1.47. The molecule has 2 atom stereocenters. The fourth-order valence-electron chi connectivity index (χ4n) is 3.65. The number of fused-ring (bicyclic) bond motifs is 1. The quantitative estimate of drug-likeness (QED) is 0.508. The Morgan fingerprint density at radius 1 is 1.23 bits per heavy atom. The molecule has 8 nitrogen and oxygen atoms in total. The molecule has 1 N–H and O–H groups in total. The number of nitrogens with zero attached hydrogens (tertiary/aromatic N) is 5. The van der Waals surface area contributed by atoms with Gasteiger partial charge < -0.3 is 9.84 Å². The average Bonchev–Trinajstić information content (AvgIpc) is 3.26. The van der Waals surface area contributed by atoms with Crippen molar-refractivity contribution in [3.05, 3.63) is 82.9 Å². The molecule has 0 saturated carbocycles. The maximum atomic E-state index is 14.7. The maximum Gasteiger partial charge on any atom is 0.261 e. The molecule has 4 aromatic rings. The summed E-state index contributed by atoms with van der Waals surface area (Å²) < 4.78 is 36.0. The molecule has 0 spiro atoms. The Morgan fingerprint density at radius 2 is 2.03 bits per heavy atom. The summed E-state index contributed by atoms with van der Waals surface area (Å²) in [6.07, 6.45) is 3.89. The first-order valence-electron chi connectivity index (χ1n) is 9.39. The number of halogens is 2. The van der Waals surface area contributed by atoms with Gasteiger partial charge in [-0.25, -0.2) is 23.4 Å². The Morgan fingerprint density at radius 3 is 2.71 bits per heavy atom. The minimum atomic E-state index is -1.98. The number of aromatic nitrogens is 5. The molecular formula is C21H19F2N5O3. The van der Waals surface area contributed by atoms with Gasteiger partial charge in [-0.05, 0) is 25.1 Å². The van der Waals surface area contributed by atoms with Crippen molar-refractivity contribution in [2.45, 2.75) is 25.1 Å². The van der Waals surface area contributed by atoms with E-state index in [9.17, 15) is 18.7 Å². The van der Waals surface area contributed by atoms with Crippen LogP contribution in [0, 0.1) is 11.6 Å². The highest BCUT2D eigenvalue weighted by Crippen LogP contribution is 2.36. The number of rotatable bonds is 6. The molecular weight excluding hydrogens is 408 g/mol. The molecule has 0 radical (unpaired) electrons. The second-order valence-corrected chi connectivity index (χ2v) is 7.13. The van der Waals surface area contributed by atoms with E-state index in [4.69, 9.17) is 4.74 Å². The van der Waals surface area contributed by atoms with Gasteiger partial charge in [-0.3, -0.25) is 9.36 Å². The fourth-order valence-corrected chi connectivity index (χ4v) is 3.65. The van der Waals surface area contributed by atoms with E-state index in [1.54, 1.807) is 25.1 Å². The van der Waals surface area contributed by atoms with Crippen LogP contribution in [-0.4, -0.2) is 36.5 Å². The van der Waals surface area contributed by atoms with Gasteiger partial charge in [-0.2, -0.15) is 5.10 Å². The first kappa shape index (κ1) is 20.6. The number of benzene rings is 2. The predicted octanol–water partition coefficient (Wildman–Crippen LogP) is 2.42. The van der Waals surface area contributed by atoms with Crippen molar-refractivity contribution in [1.29, 1.82) is 0 Å². The molecule has 0 unspecified atom stereocenters. The number of methoxy groups -OCH3 is 1. The van der Waals surface area contributed by atoms with Crippen molar-refractivity contribution in [2.75, 3.05) is 7.11 Å². The predicted molar refractivity (Wildman–Crippen MR) is 108 cm³/mol. The molecule has 0 aliphatic rings. The number of hydrogen-bond acceptors (Lipinski definition) is 6. The summed E-state index contributed by atoms with van der Waals surface area (Å²) in [4.78, 5) is 21.4. The molecule has 2 aromatic heterocycles. The van der Waals surface area contributed by atoms with Gasteiger partial charge in [0.1, 0.15) is 41.2 Å². The number of ether oxygens (including phenoxy) is 1. The van der Waals surface area contributed by atoms with Gasteiger partial charge in [0.05, 0.1) is 31.4 Å². The van der Waals surface area contributed by atoms with Gasteiger partial charge in [0, 0.05) is 11.6 Å². The normalized spacial score (nSPS) is 14.4. The molecule has 4 rings (SSSR count). The van der Waals surface area contributed by atoms with Gasteiger partial charge in [0.2, 0.25) is 0 Å². The summed E-state index contributed by atoms with van der Waals surface area (Å²) in [5, 5.41) is 15.9. The average molecular weight is 427 g/mol. The molecule has 31 heavy (non-hydrogen) atoms. The van der Waals surface area contributed by atoms with Crippen molar-refractivity contribution in [1.82, 2.24) is 24.3 Å². The maximum absolute atomic E-state index is 14.7. The standard InChI is InChI=1S/C21H19F2N5O3/c1-13(28-12-25-19-15(20(28)29)4-3-5-18(19)31-2)21(30,9-27-11-24-10-26-27)16-7-6-14(22)8-17(16)23/h3-8,10-13,30H,9H2,1-2H3/t13-,21-/m1/s1. The fraction of sp³-hybridized carbons (Fsp3) is 0.238. The van der Waals surface area contributed by atoms with E-state index < -0.39 is 28.8 Å². The van der Waals surface area contributed by atoms with E-state index >= 15 is 0 Å². The lowest BCUT2D eigenvalue weighted by atomic mass is 9.86. The Kier molecular flexibility index (Phi) is 5.24. The molecule has 0 bridgehead atoms. The summed E-state index contributed by atoms with van der Waals surface area (Å²) in [5.41, 5.74) is -2.25. The molecule has 10 heteroatoms. The van der Waals surface area contributed by atoms with Crippen LogP contribution >= 0.6 is 0 Å². The zero-order valence-corrected chi connectivity index (χ0v) is 16.7. The van der Waals surface area contributed by atoms with E-state index in [2.05, 4.69) is 15.1 Å². The third kappa shape index (κ3) is 3.55. The zero-order chi connectivity index (χ0) is 22.2. The van der Waals surface area contributed by atoms with Crippen LogP contribution in [0.5, 0.6) is 5.75 Å². The first-order valence-corrected chi connectivity index (χ1v) is 9.39. The monoisotopic (exact) mass is 427 g/mol.